The van der Waals surface area contributed by atoms with Gasteiger partial charge in [-0.1, -0.05) is 12.1 Å². The lowest BCUT2D eigenvalue weighted by Crippen LogP contribution is -3.12. The zero-order chi connectivity index (χ0) is 14.0. The minimum absolute atomic E-state index is 0.242. The van der Waals surface area contributed by atoms with E-state index in [1.807, 2.05) is 6.92 Å². The van der Waals surface area contributed by atoms with Gasteiger partial charge in [0, 0.05) is 16.6 Å². The second-order valence-corrected chi connectivity index (χ2v) is 5.23. The molecule has 0 saturated heterocycles. The van der Waals surface area contributed by atoms with Gasteiger partial charge in [0.15, 0.2) is 0 Å². The predicted octanol–water partition coefficient (Wildman–Crippen LogP) is 1.89. The summed E-state index contributed by atoms with van der Waals surface area (Å²) in [5.74, 6) is 0.242. The Morgan fingerprint density at radius 1 is 1.21 bits per heavy atom. The second kappa shape index (κ2) is 5.57. The van der Waals surface area contributed by atoms with E-state index in [0.717, 1.165) is 35.2 Å². The molecule has 0 aliphatic carbocycles. The number of rotatable bonds is 5. The standard InChI is InChI=1S/C16H22N2O/c1-5-18(6-2)10-15(19)16-12(4)17-14-9-11(3)7-8-13(14)16/h7-9,17H,5-6,10H2,1-4H3/p+1. The lowest BCUT2D eigenvalue weighted by molar-refractivity contribution is -0.887. The fourth-order valence-corrected chi connectivity index (χ4v) is 2.62. The maximum absolute atomic E-state index is 12.5. The van der Waals surface area contributed by atoms with E-state index in [1.165, 1.54) is 10.5 Å². The summed E-state index contributed by atoms with van der Waals surface area (Å²) in [5, 5.41) is 1.06. The van der Waals surface area contributed by atoms with Crippen LogP contribution in [0.3, 0.4) is 0 Å². The molecule has 1 aromatic carbocycles. The molecule has 2 rings (SSSR count). The minimum Gasteiger partial charge on any atom is -0.358 e. The van der Waals surface area contributed by atoms with E-state index < -0.39 is 0 Å². The number of hydrogen-bond donors (Lipinski definition) is 2. The van der Waals surface area contributed by atoms with Crippen molar-refractivity contribution in [1.29, 1.82) is 0 Å². The monoisotopic (exact) mass is 259 g/mol. The third-order valence-corrected chi connectivity index (χ3v) is 3.83. The lowest BCUT2D eigenvalue weighted by Gasteiger charge is -2.14. The van der Waals surface area contributed by atoms with Crippen molar-refractivity contribution in [3.63, 3.8) is 0 Å². The summed E-state index contributed by atoms with van der Waals surface area (Å²) >= 11 is 0. The first-order valence-corrected chi connectivity index (χ1v) is 7.02. The number of quaternary nitrogens is 1. The number of carbonyl (C=O) groups excluding carboxylic acids is 1. The quantitative estimate of drug-likeness (QED) is 0.791. The molecule has 0 bridgehead atoms. The normalized spacial score (nSPS) is 11.4. The van der Waals surface area contributed by atoms with Crippen LogP contribution in [0.1, 0.15) is 35.5 Å². The number of ketones is 1. The number of aromatic amines is 1. The topological polar surface area (TPSA) is 37.3 Å². The number of hydrogen-bond acceptors (Lipinski definition) is 1. The van der Waals surface area contributed by atoms with Crippen molar-refractivity contribution in [2.24, 2.45) is 0 Å². The van der Waals surface area contributed by atoms with Crippen LogP contribution in [-0.4, -0.2) is 30.4 Å². The summed E-state index contributed by atoms with van der Waals surface area (Å²) in [6, 6.07) is 6.22. The highest BCUT2D eigenvalue weighted by Crippen LogP contribution is 2.23. The Bertz CT molecular complexity index is 594. The van der Waals surface area contributed by atoms with Gasteiger partial charge in [0.2, 0.25) is 5.78 Å². The maximum Gasteiger partial charge on any atom is 0.219 e. The van der Waals surface area contributed by atoms with Gasteiger partial charge in [0.05, 0.1) is 18.7 Å². The van der Waals surface area contributed by atoms with Crippen LogP contribution in [0.15, 0.2) is 18.2 Å². The fraction of sp³-hybridized carbons (Fsp3) is 0.438. The van der Waals surface area contributed by atoms with Crippen molar-refractivity contribution < 1.29 is 9.69 Å². The first kappa shape index (κ1) is 13.8. The third kappa shape index (κ3) is 2.71. The average Bonchev–Trinajstić information content (AvgIpc) is 2.70. The molecule has 1 heterocycles. The maximum atomic E-state index is 12.5. The average molecular weight is 259 g/mol. The van der Waals surface area contributed by atoms with Crippen LogP contribution < -0.4 is 4.90 Å². The first-order chi connectivity index (χ1) is 9.06. The van der Waals surface area contributed by atoms with Gasteiger partial charge in [0.25, 0.3) is 0 Å². The highest BCUT2D eigenvalue weighted by molar-refractivity contribution is 6.09. The van der Waals surface area contributed by atoms with Crippen LogP contribution in [0.4, 0.5) is 0 Å². The molecule has 1 aromatic heterocycles. The fourth-order valence-electron chi connectivity index (χ4n) is 2.62. The van der Waals surface area contributed by atoms with E-state index >= 15 is 0 Å². The molecule has 0 spiro atoms. The molecule has 2 aromatic rings. The summed E-state index contributed by atoms with van der Waals surface area (Å²) in [6.07, 6.45) is 0. The number of aromatic nitrogens is 1. The van der Waals surface area contributed by atoms with Gasteiger partial charge in [-0.3, -0.25) is 4.79 Å². The smallest absolute Gasteiger partial charge is 0.219 e. The zero-order valence-electron chi connectivity index (χ0n) is 12.3. The van der Waals surface area contributed by atoms with Gasteiger partial charge >= 0.3 is 0 Å². The van der Waals surface area contributed by atoms with Crippen molar-refractivity contribution in [3.8, 4) is 0 Å². The number of benzene rings is 1. The first-order valence-electron chi connectivity index (χ1n) is 7.02. The molecular weight excluding hydrogens is 236 g/mol. The summed E-state index contributed by atoms with van der Waals surface area (Å²) in [7, 11) is 0. The van der Waals surface area contributed by atoms with E-state index in [2.05, 4.69) is 44.0 Å². The van der Waals surface area contributed by atoms with Crippen molar-refractivity contribution in [3.05, 3.63) is 35.0 Å². The predicted molar refractivity (Wildman–Crippen MR) is 79.0 cm³/mol. The van der Waals surface area contributed by atoms with E-state index in [4.69, 9.17) is 0 Å². The summed E-state index contributed by atoms with van der Waals surface area (Å²) in [6.45, 7) is 10.9. The third-order valence-electron chi connectivity index (χ3n) is 3.83. The number of nitrogens with one attached hydrogen (secondary N) is 2. The van der Waals surface area contributed by atoms with Gasteiger partial charge in [-0.05, 0) is 39.3 Å². The number of Topliss-reactive ketones (excluding diaryl/α,β-unsaturated/α-hetero) is 1. The van der Waals surface area contributed by atoms with Crippen LogP contribution in [0.25, 0.3) is 10.9 Å². The largest absolute Gasteiger partial charge is 0.358 e. The summed E-state index contributed by atoms with van der Waals surface area (Å²) in [4.78, 5) is 17.2. The summed E-state index contributed by atoms with van der Waals surface area (Å²) < 4.78 is 0. The molecule has 0 unspecified atom stereocenters. The van der Waals surface area contributed by atoms with Gasteiger partial charge in [-0.25, -0.2) is 0 Å². The van der Waals surface area contributed by atoms with Crippen LogP contribution in [0.5, 0.6) is 0 Å². The molecule has 3 nitrogen and oxygen atoms in total. The van der Waals surface area contributed by atoms with Crippen molar-refractivity contribution in [1.82, 2.24) is 4.98 Å². The zero-order valence-corrected chi connectivity index (χ0v) is 12.3. The van der Waals surface area contributed by atoms with Gasteiger partial charge in [-0.2, -0.15) is 0 Å². The molecule has 19 heavy (non-hydrogen) atoms. The molecule has 0 atom stereocenters. The van der Waals surface area contributed by atoms with Crippen molar-refractivity contribution in [2.75, 3.05) is 19.6 Å². The Morgan fingerprint density at radius 3 is 2.53 bits per heavy atom. The highest BCUT2D eigenvalue weighted by atomic mass is 16.1. The van der Waals surface area contributed by atoms with E-state index in [-0.39, 0.29) is 5.78 Å². The molecule has 0 aliphatic rings. The van der Waals surface area contributed by atoms with Gasteiger partial charge in [0.1, 0.15) is 6.54 Å². The molecule has 2 N–H and O–H groups in total. The second-order valence-electron chi connectivity index (χ2n) is 5.23. The Balaban J connectivity index is 2.39. The number of fused-ring (bicyclic) bond motifs is 1. The lowest BCUT2D eigenvalue weighted by atomic mass is 10.1. The van der Waals surface area contributed by atoms with E-state index in [1.54, 1.807) is 0 Å². The Labute approximate surface area is 114 Å². The number of aryl methyl sites for hydroxylation is 2. The van der Waals surface area contributed by atoms with Gasteiger partial charge < -0.3 is 9.88 Å². The van der Waals surface area contributed by atoms with Gasteiger partial charge in [-0.15, -0.1) is 0 Å². The Hall–Kier alpha value is -1.61. The molecule has 3 heteroatoms. The molecule has 0 aliphatic heterocycles. The molecule has 0 amide bonds. The minimum atomic E-state index is 0.242. The van der Waals surface area contributed by atoms with Crippen LogP contribution in [-0.2, 0) is 0 Å². The van der Waals surface area contributed by atoms with E-state index in [9.17, 15) is 4.79 Å². The molecule has 102 valence electrons. The highest BCUT2D eigenvalue weighted by Gasteiger charge is 2.19. The molecular formula is C16H23N2O+. The molecule has 0 fully saturated rings. The SMILES string of the molecule is CC[NH+](CC)CC(=O)c1c(C)[nH]c2cc(C)ccc12. The van der Waals surface area contributed by atoms with Crippen molar-refractivity contribution >= 4 is 16.7 Å². The molecule has 0 saturated carbocycles. The van der Waals surface area contributed by atoms with Crippen LogP contribution in [0.2, 0.25) is 0 Å². The van der Waals surface area contributed by atoms with E-state index in [0.29, 0.717) is 6.54 Å². The van der Waals surface area contributed by atoms with Crippen LogP contribution >= 0.6 is 0 Å². The number of carbonyl (C=O) groups is 1. The van der Waals surface area contributed by atoms with Crippen molar-refractivity contribution in [2.45, 2.75) is 27.7 Å². The molecule has 0 radical (unpaired) electrons. The van der Waals surface area contributed by atoms with Crippen LogP contribution in [0, 0.1) is 13.8 Å². The Kier molecular flexibility index (Phi) is 4.05. The number of H-pyrrole nitrogens is 1. The number of likely N-dealkylation sites (N-methyl/N-ethyl adjacent to an activating group) is 1. The Morgan fingerprint density at radius 2 is 1.89 bits per heavy atom. The summed E-state index contributed by atoms with van der Waals surface area (Å²) in [5.41, 5.74) is 4.13.